The first-order valence-corrected chi connectivity index (χ1v) is 5.32. The maximum atomic E-state index is 13.3. The Morgan fingerprint density at radius 2 is 2.05 bits per heavy atom. The van der Waals surface area contributed by atoms with Gasteiger partial charge in [-0.05, 0) is 24.3 Å². The smallest absolute Gasteiger partial charge is 0.337 e. The molecule has 0 bridgehead atoms. The number of aromatic carboxylic acids is 1. The van der Waals surface area contributed by atoms with Crippen molar-refractivity contribution in [1.82, 2.24) is 4.98 Å². The standard InChI is InChI=1S/C13H9F2NO3/c14-9-2-4-11(15)12(5-9)19-7-10-3-1-8(6-16-10)13(17)18/h1-6H,7H2,(H,17,18). The molecule has 0 fully saturated rings. The van der Waals surface area contributed by atoms with E-state index in [0.717, 1.165) is 18.2 Å². The Balaban J connectivity index is 2.06. The number of ether oxygens (including phenoxy) is 1. The van der Waals surface area contributed by atoms with Crippen LogP contribution in [0.25, 0.3) is 0 Å². The monoisotopic (exact) mass is 265 g/mol. The number of carboxylic acid groups (broad SMARTS) is 1. The van der Waals surface area contributed by atoms with Crippen LogP contribution in [0, 0.1) is 11.6 Å². The van der Waals surface area contributed by atoms with Gasteiger partial charge in [0.2, 0.25) is 0 Å². The molecule has 1 aromatic heterocycles. The van der Waals surface area contributed by atoms with Crippen molar-refractivity contribution in [2.45, 2.75) is 6.61 Å². The zero-order chi connectivity index (χ0) is 13.8. The number of aromatic nitrogens is 1. The fourth-order valence-electron chi connectivity index (χ4n) is 1.38. The highest BCUT2D eigenvalue weighted by atomic mass is 19.1. The van der Waals surface area contributed by atoms with Gasteiger partial charge in [-0.15, -0.1) is 0 Å². The van der Waals surface area contributed by atoms with Crippen molar-refractivity contribution in [3.63, 3.8) is 0 Å². The third-order valence-corrected chi connectivity index (χ3v) is 2.34. The minimum atomic E-state index is -1.09. The number of halogens is 2. The van der Waals surface area contributed by atoms with Crippen LogP contribution < -0.4 is 4.74 Å². The van der Waals surface area contributed by atoms with Crippen LogP contribution in [0.4, 0.5) is 8.78 Å². The maximum Gasteiger partial charge on any atom is 0.337 e. The zero-order valence-corrected chi connectivity index (χ0v) is 9.64. The summed E-state index contributed by atoms with van der Waals surface area (Å²) in [5.74, 6) is -2.59. The Morgan fingerprint density at radius 3 is 2.68 bits per heavy atom. The van der Waals surface area contributed by atoms with Crippen molar-refractivity contribution in [2.75, 3.05) is 0 Å². The Hall–Kier alpha value is -2.50. The average molecular weight is 265 g/mol. The number of pyridine rings is 1. The molecular weight excluding hydrogens is 256 g/mol. The summed E-state index contributed by atoms with van der Waals surface area (Å²) in [7, 11) is 0. The highest BCUT2D eigenvalue weighted by Crippen LogP contribution is 2.19. The fraction of sp³-hybridized carbons (Fsp3) is 0.0769. The molecule has 19 heavy (non-hydrogen) atoms. The maximum absolute atomic E-state index is 13.3. The van der Waals surface area contributed by atoms with Gasteiger partial charge < -0.3 is 9.84 Å². The second kappa shape index (κ2) is 5.43. The molecule has 98 valence electrons. The van der Waals surface area contributed by atoms with E-state index in [9.17, 15) is 13.6 Å². The molecule has 0 radical (unpaired) electrons. The van der Waals surface area contributed by atoms with Crippen LogP contribution in [-0.2, 0) is 6.61 Å². The Kier molecular flexibility index (Phi) is 3.70. The summed E-state index contributed by atoms with van der Waals surface area (Å²) in [4.78, 5) is 14.5. The molecule has 2 rings (SSSR count). The molecule has 0 aliphatic rings. The lowest BCUT2D eigenvalue weighted by Crippen LogP contribution is -2.02. The second-order valence-corrected chi connectivity index (χ2v) is 3.71. The number of benzene rings is 1. The molecule has 0 atom stereocenters. The number of hydrogen-bond donors (Lipinski definition) is 1. The van der Waals surface area contributed by atoms with Crippen LogP contribution in [0.3, 0.4) is 0 Å². The van der Waals surface area contributed by atoms with Gasteiger partial charge in [0.05, 0.1) is 11.3 Å². The van der Waals surface area contributed by atoms with Crippen LogP contribution in [0.2, 0.25) is 0 Å². The van der Waals surface area contributed by atoms with E-state index in [2.05, 4.69) is 4.98 Å². The van der Waals surface area contributed by atoms with Crippen LogP contribution in [0.5, 0.6) is 5.75 Å². The highest BCUT2D eigenvalue weighted by molar-refractivity contribution is 5.87. The minimum absolute atomic E-state index is 0.0423. The first-order chi connectivity index (χ1) is 9.06. The Labute approximate surface area is 107 Å². The molecule has 1 aromatic carbocycles. The summed E-state index contributed by atoms with van der Waals surface area (Å²) >= 11 is 0. The lowest BCUT2D eigenvalue weighted by atomic mass is 10.2. The van der Waals surface area contributed by atoms with E-state index in [1.165, 1.54) is 18.3 Å². The van der Waals surface area contributed by atoms with Crippen LogP contribution >= 0.6 is 0 Å². The summed E-state index contributed by atoms with van der Waals surface area (Å²) in [6.45, 7) is -0.0831. The van der Waals surface area contributed by atoms with Gasteiger partial charge in [-0.2, -0.15) is 0 Å². The summed E-state index contributed by atoms with van der Waals surface area (Å²) in [6.07, 6.45) is 1.17. The number of hydrogen-bond acceptors (Lipinski definition) is 3. The Bertz CT molecular complexity index is 599. The fourth-order valence-corrected chi connectivity index (χ4v) is 1.38. The molecule has 0 aliphatic carbocycles. The summed E-state index contributed by atoms with van der Waals surface area (Å²) in [5.41, 5.74) is 0.453. The molecule has 4 nitrogen and oxygen atoms in total. The van der Waals surface area contributed by atoms with Gasteiger partial charge in [0, 0.05) is 12.3 Å². The predicted octanol–water partition coefficient (Wildman–Crippen LogP) is 2.64. The first-order valence-electron chi connectivity index (χ1n) is 5.32. The van der Waals surface area contributed by atoms with Crippen LogP contribution in [-0.4, -0.2) is 16.1 Å². The second-order valence-electron chi connectivity index (χ2n) is 3.71. The molecule has 0 unspecified atom stereocenters. The molecule has 0 spiro atoms. The molecular formula is C13H9F2NO3. The van der Waals surface area contributed by atoms with Crippen molar-refractivity contribution >= 4 is 5.97 Å². The van der Waals surface area contributed by atoms with E-state index in [4.69, 9.17) is 9.84 Å². The third-order valence-electron chi connectivity index (χ3n) is 2.34. The van der Waals surface area contributed by atoms with Gasteiger partial charge in [0.15, 0.2) is 11.6 Å². The van der Waals surface area contributed by atoms with Gasteiger partial charge in [-0.25, -0.2) is 13.6 Å². The molecule has 1 heterocycles. The van der Waals surface area contributed by atoms with E-state index in [1.807, 2.05) is 0 Å². The molecule has 2 aromatic rings. The van der Waals surface area contributed by atoms with Crippen molar-refractivity contribution < 1.29 is 23.4 Å². The van der Waals surface area contributed by atoms with E-state index in [-0.39, 0.29) is 17.9 Å². The van der Waals surface area contributed by atoms with Gasteiger partial charge in [0.1, 0.15) is 12.4 Å². The van der Waals surface area contributed by atoms with Crippen molar-refractivity contribution in [3.05, 3.63) is 59.4 Å². The van der Waals surface area contributed by atoms with Crippen LogP contribution in [0.15, 0.2) is 36.5 Å². The number of rotatable bonds is 4. The number of nitrogens with zero attached hydrogens (tertiary/aromatic N) is 1. The molecule has 0 saturated heterocycles. The first kappa shape index (κ1) is 12.9. The van der Waals surface area contributed by atoms with Gasteiger partial charge >= 0.3 is 5.97 Å². The summed E-state index contributed by atoms with van der Waals surface area (Å²) in [5, 5.41) is 8.69. The van der Waals surface area contributed by atoms with Gasteiger partial charge in [0.25, 0.3) is 0 Å². The predicted molar refractivity (Wildman–Crippen MR) is 61.9 cm³/mol. The van der Waals surface area contributed by atoms with Crippen molar-refractivity contribution in [1.29, 1.82) is 0 Å². The normalized spacial score (nSPS) is 10.2. The van der Waals surface area contributed by atoms with Crippen molar-refractivity contribution in [2.24, 2.45) is 0 Å². The van der Waals surface area contributed by atoms with E-state index in [0.29, 0.717) is 5.69 Å². The topological polar surface area (TPSA) is 59.4 Å². The van der Waals surface area contributed by atoms with E-state index < -0.39 is 17.6 Å². The minimum Gasteiger partial charge on any atom is -0.484 e. The van der Waals surface area contributed by atoms with E-state index in [1.54, 1.807) is 0 Å². The third kappa shape index (κ3) is 3.25. The molecule has 0 saturated carbocycles. The van der Waals surface area contributed by atoms with Gasteiger partial charge in [-0.3, -0.25) is 4.98 Å². The molecule has 0 aliphatic heterocycles. The summed E-state index contributed by atoms with van der Waals surface area (Å²) < 4.78 is 31.2. The molecule has 0 amide bonds. The molecule has 6 heteroatoms. The SMILES string of the molecule is O=C(O)c1ccc(COc2cc(F)ccc2F)nc1. The van der Waals surface area contributed by atoms with Crippen LogP contribution in [0.1, 0.15) is 16.1 Å². The quantitative estimate of drug-likeness (QED) is 0.923. The summed E-state index contributed by atoms with van der Waals surface area (Å²) in [6, 6.07) is 5.69. The lowest BCUT2D eigenvalue weighted by Gasteiger charge is -2.07. The highest BCUT2D eigenvalue weighted by Gasteiger charge is 2.07. The molecule has 1 N–H and O–H groups in total. The average Bonchev–Trinajstić information content (AvgIpc) is 2.40. The van der Waals surface area contributed by atoms with Crippen molar-refractivity contribution in [3.8, 4) is 5.75 Å². The zero-order valence-electron chi connectivity index (χ0n) is 9.64. The largest absolute Gasteiger partial charge is 0.484 e. The lowest BCUT2D eigenvalue weighted by molar-refractivity contribution is 0.0696. The van der Waals surface area contributed by atoms with Gasteiger partial charge in [-0.1, -0.05) is 0 Å². The Morgan fingerprint density at radius 1 is 1.26 bits per heavy atom. The number of carboxylic acids is 1. The number of carbonyl (C=O) groups is 1. The van der Waals surface area contributed by atoms with E-state index >= 15 is 0 Å².